The molecular formula is C16H16ClN3S. The lowest BCUT2D eigenvalue weighted by atomic mass is 10.1. The van der Waals surface area contributed by atoms with Crippen molar-refractivity contribution in [1.29, 1.82) is 0 Å². The molecule has 1 aromatic carbocycles. The molecule has 0 amide bonds. The number of aromatic nitrogens is 2. The summed E-state index contributed by atoms with van der Waals surface area (Å²) in [6, 6.07) is 7.87. The van der Waals surface area contributed by atoms with Crippen LogP contribution in [0.4, 0.5) is 5.69 Å². The zero-order valence-corrected chi connectivity index (χ0v) is 13.5. The van der Waals surface area contributed by atoms with E-state index >= 15 is 0 Å². The van der Waals surface area contributed by atoms with E-state index in [1.165, 1.54) is 4.88 Å². The number of anilines is 1. The van der Waals surface area contributed by atoms with Gasteiger partial charge < -0.3 is 5.32 Å². The Balaban J connectivity index is 1.92. The molecule has 0 spiro atoms. The molecule has 5 heteroatoms. The van der Waals surface area contributed by atoms with Crippen molar-refractivity contribution in [3.63, 3.8) is 0 Å². The molecule has 1 atom stereocenters. The lowest BCUT2D eigenvalue weighted by molar-refractivity contribution is 0.871. The van der Waals surface area contributed by atoms with Gasteiger partial charge in [0.2, 0.25) is 0 Å². The quantitative estimate of drug-likeness (QED) is 0.729. The first kappa shape index (κ1) is 14.3. The van der Waals surface area contributed by atoms with Crippen LogP contribution in [0.2, 0.25) is 5.02 Å². The van der Waals surface area contributed by atoms with Crippen LogP contribution in [-0.4, -0.2) is 9.97 Å². The minimum Gasteiger partial charge on any atom is -0.375 e. The molecule has 0 bridgehead atoms. The maximum Gasteiger partial charge on any atom is 0.115 e. The van der Waals surface area contributed by atoms with E-state index in [9.17, 15) is 0 Å². The highest BCUT2D eigenvalue weighted by Gasteiger charge is 2.12. The molecule has 0 fully saturated rings. The molecule has 0 saturated heterocycles. The van der Waals surface area contributed by atoms with Gasteiger partial charge in [-0.25, -0.2) is 4.98 Å². The third kappa shape index (κ3) is 3.01. The molecule has 1 N–H and O–H groups in total. The van der Waals surface area contributed by atoms with Gasteiger partial charge in [-0.3, -0.25) is 4.98 Å². The van der Waals surface area contributed by atoms with Crippen LogP contribution in [0.15, 0.2) is 36.7 Å². The molecule has 1 unspecified atom stereocenters. The van der Waals surface area contributed by atoms with Gasteiger partial charge in [0.1, 0.15) is 5.01 Å². The Hall–Kier alpha value is -1.65. The number of aryl methyl sites for hydroxylation is 1. The molecule has 3 rings (SSSR count). The summed E-state index contributed by atoms with van der Waals surface area (Å²) in [5.41, 5.74) is 1.97. The van der Waals surface area contributed by atoms with Crippen molar-refractivity contribution in [3.8, 4) is 0 Å². The molecular weight excluding hydrogens is 302 g/mol. The van der Waals surface area contributed by atoms with Gasteiger partial charge >= 0.3 is 0 Å². The first-order chi connectivity index (χ1) is 10.2. The van der Waals surface area contributed by atoms with Gasteiger partial charge in [-0.2, -0.15) is 0 Å². The van der Waals surface area contributed by atoms with E-state index in [0.29, 0.717) is 5.02 Å². The van der Waals surface area contributed by atoms with Crippen molar-refractivity contribution in [2.24, 2.45) is 0 Å². The van der Waals surface area contributed by atoms with Crippen LogP contribution in [0.3, 0.4) is 0 Å². The third-order valence-corrected chi connectivity index (χ3v) is 4.93. The van der Waals surface area contributed by atoms with Gasteiger partial charge in [-0.05, 0) is 37.6 Å². The molecule has 0 saturated carbocycles. The summed E-state index contributed by atoms with van der Waals surface area (Å²) < 4.78 is 0. The summed E-state index contributed by atoms with van der Waals surface area (Å²) in [5, 5.41) is 6.36. The third-order valence-electron chi connectivity index (χ3n) is 3.37. The van der Waals surface area contributed by atoms with Gasteiger partial charge in [-0.1, -0.05) is 18.5 Å². The first-order valence-electron chi connectivity index (χ1n) is 6.92. The monoisotopic (exact) mass is 317 g/mol. The van der Waals surface area contributed by atoms with E-state index in [2.05, 4.69) is 29.1 Å². The van der Waals surface area contributed by atoms with Crippen molar-refractivity contribution < 1.29 is 0 Å². The minimum atomic E-state index is 0.153. The molecule has 21 heavy (non-hydrogen) atoms. The number of thiazole rings is 1. The average molecular weight is 318 g/mol. The number of benzene rings is 1. The highest BCUT2D eigenvalue weighted by molar-refractivity contribution is 7.11. The van der Waals surface area contributed by atoms with Gasteiger partial charge in [0.25, 0.3) is 0 Å². The molecule has 3 aromatic rings. The largest absolute Gasteiger partial charge is 0.375 e. The Labute approximate surface area is 133 Å². The molecule has 0 aliphatic rings. The first-order valence-corrected chi connectivity index (χ1v) is 8.12. The molecule has 3 nitrogen and oxygen atoms in total. The summed E-state index contributed by atoms with van der Waals surface area (Å²) >= 11 is 7.85. The Morgan fingerprint density at radius 2 is 2.14 bits per heavy atom. The van der Waals surface area contributed by atoms with E-state index < -0.39 is 0 Å². The predicted octanol–water partition coefficient (Wildman–Crippen LogP) is 5.08. The molecule has 0 radical (unpaired) electrons. The van der Waals surface area contributed by atoms with Crippen LogP contribution in [0.5, 0.6) is 0 Å². The van der Waals surface area contributed by atoms with Crippen LogP contribution in [0.1, 0.15) is 29.8 Å². The molecule has 0 aliphatic heterocycles. The van der Waals surface area contributed by atoms with Gasteiger partial charge in [0, 0.05) is 33.4 Å². The van der Waals surface area contributed by atoms with Crippen molar-refractivity contribution in [3.05, 3.63) is 51.6 Å². The second-order valence-electron chi connectivity index (χ2n) is 4.90. The zero-order chi connectivity index (χ0) is 14.8. The van der Waals surface area contributed by atoms with E-state index in [4.69, 9.17) is 11.6 Å². The van der Waals surface area contributed by atoms with Gasteiger partial charge in [0.05, 0.1) is 11.6 Å². The summed E-state index contributed by atoms with van der Waals surface area (Å²) in [7, 11) is 0. The molecule has 2 heterocycles. The Bertz CT molecular complexity index is 769. The van der Waals surface area contributed by atoms with Crippen LogP contribution in [0.25, 0.3) is 10.9 Å². The molecule has 2 aromatic heterocycles. The zero-order valence-electron chi connectivity index (χ0n) is 11.9. The normalized spacial score (nSPS) is 12.5. The lowest BCUT2D eigenvalue weighted by Gasteiger charge is -2.14. The summed E-state index contributed by atoms with van der Waals surface area (Å²) in [6.45, 7) is 4.27. The predicted molar refractivity (Wildman–Crippen MR) is 90.3 cm³/mol. The van der Waals surface area contributed by atoms with Crippen LogP contribution in [-0.2, 0) is 6.42 Å². The number of fused-ring (bicyclic) bond motifs is 1. The van der Waals surface area contributed by atoms with E-state index in [-0.39, 0.29) is 6.04 Å². The van der Waals surface area contributed by atoms with Crippen molar-refractivity contribution in [1.82, 2.24) is 9.97 Å². The number of rotatable bonds is 4. The Morgan fingerprint density at radius 3 is 2.90 bits per heavy atom. The van der Waals surface area contributed by atoms with Crippen molar-refractivity contribution in [2.45, 2.75) is 26.3 Å². The highest BCUT2D eigenvalue weighted by Crippen LogP contribution is 2.29. The van der Waals surface area contributed by atoms with Gasteiger partial charge in [-0.15, -0.1) is 11.3 Å². The number of halogens is 1. The number of nitrogens with one attached hydrogen (secondary N) is 1. The second kappa shape index (κ2) is 6.00. The fourth-order valence-corrected chi connectivity index (χ4v) is 3.26. The van der Waals surface area contributed by atoms with Crippen molar-refractivity contribution >= 4 is 39.5 Å². The Morgan fingerprint density at radius 1 is 1.29 bits per heavy atom. The van der Waals surface area contributed by atoms with Crippen molar-refractivity contribution in [2.75, 3.05) is 5.32 Å². The van der Waals surface area contributed by atoms with Gasteiger partial charge in [0.15, 0.2) is 0 Å². The number of pyridine rings is 1. The topological polar surface area (TPSA) is 37.8 Å². The summed E-state index contributed by atoms with van der Waals surface area (Å²) in [6.07, 6.45) is 4.79. The van der Waals surface area contributed by atoms with Crippen LogP contribution < -0.4 is 5.32 Å². The van der Waals surface area contributed by atoms with E-state index in [0.717, 1.165) is 28.0 Å². The summed E-state index contributed by atoms with van der Waals surface area (Å²) in [4.78, 5) is 10.2. The average Bonchev–Trinajstić information content (AvgIpc) is 2.97. The smallest absolute Gasteiger partial charge is 0.115 e. The van der Waals surface area contributed by atoms with E-state index in [1.54, 1.807) is 11.3 Å². The highest BCUT2D eigenvalue weighted by atomic mass is 35.5. The lowest BCUT2D eigenvalue weighted by Crippen LogP contribution is -2.06. The number of hydrogen-bond acceptors (Lipinski definition) is 4. The minimum absolute atomic E-state index is 0.153. The van der Waals surface area contributed by atoms with Crippen LogP contribution in [0, 0.1) is 0 Å². The maximum atomic E-state index is 6.10. The summed E-state index contributed by atoms with van der Waals surface area (Å²) in [5.74, 6) is 0. The fraction of sp³-hybridized carbons (Fsp3) is 0.250. The SMILES string of the molecule is CCc1cnc(C(C)Nc2ccnc3ccc(Cl)cc23)s1. The second-order valence-corrected chi connectivity index (χ2v) is 6.49. The molecule has 108 valence electrons. The maximum absolute atomic E-state index is 6.10. The standard InChI is InChI=1S/C16H16ClN3S/c1-3-12-9-19-16(21-12)10(2)20-15-6-7-18-14-5-4-11(17)8-13(14)15/h4-10H,3H2,1-2H3,(H,18,20). The Kier molecular flexibility index (Phi) is 4.08. The number of nitrogens with zero attached hydrogens (tertiary/aromatic N) is 2. The van der Waals surface area contributed by atoms with E-state index in [1.807, 2.05) is 36.7 Å². The molecule has 0 aliphatic carbocycles. The fourth-order valence-electron chi connectivity index (χ4n) is 2.23. The van der Waals surface area contributed by atoms with Crippen LogP contribution >= 0.6 is 22.9 Å². The number of hydrogen-bond donors (Lipinski definition) is 1.